The van der Waals surface area contributed by atoms with E-state index in [2.05, 4.69) is 4.98 Å². The normalized spacial score (nSPS) is 11.1. The standard InChI is InChI=1S/C9H7NO4S.Zn/c11-7-3-4-8(15(12,13)14)6-2-1-5-10-9(6)7;/h1-5,11H,(H,12,13,14);/q;+2. The maximum Gasteiger partial charge on any atom is 2.00 e. The molecule has 5 nitrogen and oxygen atoms in total. The molecular weight excluding hydrogens is 284 g/mol. The van der Waals surface area contributed by atoms with E-state index < -0.39 is 10.1 Å². The zero-order chi connectivity index (χ0) is 11.1. The average Bonchev–Trinajstić information content (AvgIpc) is 2.17. The number of aromatic hydroxyl groups is 1. The van der Waals surface area contributed by atoms with Crippen LogP contribution in [0.3, 0.4) is 0 Å². The van der Waals surface area contributed by atoms with Gasteiger partial charge in [-0.1, -0.05) is 0 Å². The van der Waals surface area contributed by atoms with Gasteiger partial charge in [0.25, 0.3) is 10.1 Å². The van der Waals surface area contributed by atoms with Crippen LogP contribution in [0.5, 0.6) is 5.75 Å². The molecule has 1 heterocycles. The van der Waals surface area contributed by atoms with Crippen molar-refractivity contribution in [2.45, 2.75) is 4.90 Å². The molecule has 2 N–H and O–H groups in total. The van der Waals surface area contributed by atoms with Crippen molar-refractivity contribution in [2.75, 3.05) is 0 Å². The van der Waals surface area contributed by atoms with E-state index in [1.165, 1.54) is 24.4 Å². The number of phenolic OH excluding ortho intramolecular Hbond substituents is 1. The molecule has 2 aromatic rings. The van der Waals surface area contributed by atoms with Crippen molar-refractivity contribution in [1.82, 2.24) is 4.98 Å². The van der Waals surface area contributed by atoms with Crippen molar-refractivity contribution in [1.29, 1.82) is 0 Å². The third kappa shape index (κ3) is 2.21. The van der Waals surface area contributed by atoms with Gasteiger partial charge in [-0.05, 0) is 24.3 Å². The van der Waals surface area contributed by atoms with Crippen LogP contribution in [0.25, 0.3) is 10.9 Å². The van der Waals surface area contributed by atoms with Crippen molar-refractivity contribution in [3.8, 4) is 5.75 Å². The fourth-order valence-corrected chi connectivity index (χ4v) is 2.04. The number of hydrogen-bond donors (Lipinski definition) is 2. The van der Waals surface area contributed by atoms with Gasteiger partial charge in [-0.25, -0.2) is 0 Å². The van der Waals surface area contributed by atoms with Crippen LogP contribution in [0.2, 0.25) is 0 Å². The fourth-order valence-electron chi connectivity index (χ4n) is 1.36. The first-order valence-corrected chi connectivity index (χ1v) is 5.48. The number of aromatic nitrogens is 1. The Morgan fingerprint density at radius 2 is 1.88 bits per heavy atom. The maximum atomic E-state index is 11.0. The molecule has 16 heavy (non-hydrogen) atoms. The average molecular weight is 291 g/mol. The summed E-state index contributed by atoms with van der Waals surface area (Å²) < 4.78 is 30.9. The number of rotatable bonds is 1. The first-order valence-electron chi connectivity index (χ1n) is 4.04. The number of hydrogen-bond acceptors (Lipinski definition) is 4. The number of pyridine rings is 1. The van der Waals surface area contributed by atoms with E-state index >= 15 is 0 Å². The molecule has 0 saturated heterocycles. The van der Waals surface area contributed by atoms with Crippen molar-refractivity contribution in [3.63, 3.8) is 0 Å². The predicted molar refractivity (Wildman–Crippen MR) is 53.2 cm³/mol. The summed E-state index contributed by atoms with van der Waals surface area (Å²) in [4.78, 5) is 3.57. The van der Waals surface area contributed by atoms with Crippen LogP contribution in [-0.2, 0) is 29.6 Å². The summed E-state index contributed by atoms with van der Waals surface area (Å²) >= 11 is 0. The van der Waals surface area contributed by atoms with Gasteiger partial charge >= 0.3 is 19.5 Å². The summed E-state index contributed by atoms with van der Waals surface area (Å²) in [7, 11) is -4.30. The topological polar surface area (TPSA) is 87.5 Å². The van der Waals surface area contributed by atoms with Crippen molar-refractivity contribution in [3.05, 3.63) is 30.5 Å². The van der Waals surface area contributed by atoms with Gasteiger partial charge in [0.05, 0.1) is 0 Å². The van der Waals surface area contributed by atoms with E-state index in [9.17, 15) is 13.5 Å². The quantitative estimate of drug-likeness (QED) is 0.608. The Hall–Kier alpha value is -1.04. The predicted octanol–water partition coefficient (Wildman–Crippen LogP) is 1.18. The van der Waals surface area contributed by atoms with Crippen molar-refractivity contribution >= 4 is 21.0 Å². The second kappa shape index (κ2) is 4.45. The van der Waals surface area contributed by atoms with Crippen molar-refractivity contribution < 1.29 is 37.6 Å². The number of fused-ring (bicyclic) bond motifs is 1. The number of benzene rings is 1. The van der Waals surface area contributed by atoms with Gasteiger partial charge in [0.2, 0.25) is 0 Å². The van der Waals surface area contributed by atoms with Crippen LogP contribution in [0, 0.1) is 0 Å². The largest absolute Gasteiger partial charge is 2.00 e. The molecule has 0 spiro atoms. The van der Waals surface area contributed by atoms with Crippen LogP contribution in [0.15, 0.2) is 35.4 Å². The molecule has 0 aliphatic rings. The summed E-state index contributed by atoms with van der Waals surface area (Å²) in [5.74, 6) is -0.127. The van der Waals surface area contributed by atoms with E-state index in [4.69, 9.17) is 4.55 Å². The summed E-state index contributed by atoms with van der Waals surface area (Å²) in [5.41, 5.74) is 0.146. The van der Waals surface area contributed by atoms with Crippen LogP contribution < -0.4 is 0 Å². The molecule has 0 amide bonds. The Morgan fingerprint density at radius 1 is 1.19 bits per heavy atom. The molecule has 0 saturated carbocycles. The zero-order valence-electron chi connectivity index (χ0n) is 8.16. The number of phenols is 1. The number of nitrogens with zero attached hydrogens (tertiary/aromatic N) is 1. The summed E-state index contributed by atoms with van der Waals surface area (Å²) in [6.07, 6.45) is 1.43. The molecule has 0 unspecified atom stereocenters. The summed E-state index contributed by atoms with van der Waals surface area (Å²) in [6.45, 7) is 0. The molecule has 2 rings (SSSR count). The molecule has 0 radical (unpaired) electrons. The molecule has 0 atom stereocenters. The summed E-state index contributed by atoms with van der Waals surface area (Å²) in [5, 5.41) is 9.62. The third-order valence-corrected chi connectivity index (χ3v) is 2.90. The van der Waals surface area contributed by atoms with Gasteiger partial charge < -0.3 is 5.11 Å². The third-order valence-electron chi connectivity index (χ3n) is 1.99. The minimum absolute atomic E-state index is 0. The zero-order valence-corrected chi connectivity index (χ0v) is 11.9. The van der Waals surface area contributed by atoms with Gasteiger partial charge in [0.15, 0.2) is 0 Å². The molecule has 0 aliphatic carbocycles. The van der Waals surface area contributed by atoms with Crippen LogP contribution in [0.1, 0.15) is 0 Å². The minimum atomic E-state index is -4.30. The smallest absolute Gasteiger partial charge is 0.506 e. The van der Waals surface area contributed by atoms with E-state index in [-0.39, 0.29) is 41.0 Å². The first-order chi connectivity index (χ1) is 7.00. The second-order valence-electron chi connectivity index (χ2n) is 2.96. The van der Waals surface area contributed by atoms with Crippen LogP contribution >= 0.6 is 0 Å². The van der Waals surface area contributed by atoms with Crippen LogP contribution in [-0.4, -0.2) is 23.1 Å². The fraction of sp³-hybridized carbons (Fsp3) is 0. The monoisotopic (exact) mass is 289 g/mol. The van der Waals surface area contributed by atoms with Crippen molar-refractivity contribution in [2.24, 2.45) is 0 Å². The second-order valence-corrected chi connectivity index (χ2v) is 4.35. The maximum absolute atomic E-state index is 11.0. The van der Waals surface area contributed by atoms with E-state index in [1.807, 2.05) is 0 Å². The Kier molecular flexibility index (Phi) is 3.62. The molecule has 0 aliphatic heterocycles. The molecule has 1 aromatic carbocycles. The van der Waals surface area contributed by atoms with E-state index in [0.717, 1.165) is 6.07 Å². The van der Waals surface area contributed by atoms with Gasteiger partial charge in [-0.2, -0.15) is 8.42 Å². The first kappa shape index (κ1) is 13.0. The van der Waals surface area contributed by atoms with Crippen LogP contribution in [0.4, 0.5) is 0 Å². The molecule has 1 aromatic heterocycles. The van der Waals surface area contributed by atoms with Gasteiger partial charge in [-0.15, -0.1) is 0 Å². The van der Waals surface area contributed by atoms with E-state index in [0.29, 0.717) is 0 Å². The molecule has 7 heteroatoms. The molecular formula is C9H7NO4SZn+2. The molecule has 0 bridgehead atoms. The Morgan fingerprint density at radius 3 is 2.50 bits per heavy atom. The van der Waals surface area contributed by atoms with Gasteiger partial charge in [-0.3, -0.25) is 9.54 Å². The Bertz CT molecular complexity index is 626. The molecule has 0 fully saturated rings. The minimum Gasteiger partial charge on any atom is -0.506 e. The van der Waals surface area contributed by atoms with Gasteiger partial charge in [0.1, 0.15) is 16.2 Å². The molecule has 78 valence electrons. The Balaban J connectivity index is 0.00000128. The summed E-state index contributed by atoms with van der Waals surface area (Å²) in [6, 6.07) is 5.30. The Labute approximate surface area is 105 Å². The van der Waals surface area contributed by atoms with Gasteiger partial charge in [0, 0.05) is 11.6 Å². The SMILES string of the molecule is O=S(=O)(O)c1ccc(O)c2ncccc12.[Zn+2]. The van der Waals surface area contributed by atoms with E-state index in [1.54, 1.807) is 0 Å².